The number of amides is 1. The maximum absolute atomic E-state index is 12.2. The van der Waals surface area contributed by atoms with Gasteiger partial charge in [-0.05, 0) is 31.0 Å². The first-order chi connectivity index (χ1) is 8.18. The Morgan fingerprint density at radius 2 is 1.82 bits per heavy atom. The van der Waals surface area contributed by atoms with Crippen LogP contribution in [0, 0.1) is 0 Å². The predicted molar refractivity (Wildman–Crippen MR) is 66.9 cm³/mol. The Morgan fingerprint density at radius 1 is 1.18 bits per heavy atom. The number of phenolic OH excluding ortho intramolecular Hbond substituents is 1. The SMILES string of the molecule is Nc1ccc(C(=O)N2CCCCCC2)cc1O. The highest BCUT2D eigenvalue weighted by Gasteiger charge is 2.17. The van der Waals surface area contributed by atoms with Crippen LogP contribution in [0.2, 0.25) is 0 Å². The number of hydrogen-bond acceptors (Lipinski definition) is 3. The van der Waals surface area contributed by atoms with E-state index in [9.17, 15) is 9.90 Å². The van der Waals surface area contributed by atoms with Gasteiger partial charge in [0.15, 0.2) is 0 Å². The van der Waals surface area contributed by atoms with Crippen LogP contribution in [0.1, 0.15) is 36.0 Å². The third-order valence-electron chi connectivity index (χ3n) is 3.17. The van der Waals surface area contributed by atoms with Crippen LogP contribution < -0.4 is 5.73 Å². The number of anilines is 1. The van der Waals surface area contributed by atoms with E-state index in [-0.39, 0.29) is 11.7 Å². The summed E-state index contributed by atoms with van der Waals surface area (Å²) in [4.78, 5) is 14.0. The summed E-state index contributed by atoms with van der Waals surface area (Å²) in [5, 5.41) is 9.51. The first-order valence-corrected chi connectivity index (χ1v) is 6.06. The number of carbonyl (C=O) groups is 1. The first-order valence-electron chi connectivity index (χ1n) is 6.06. The Hall–Kier alpha value is -1.71. The molecule has 4 heteroatoms. The van der Waals surface area contributed by atoms with Crippen molar-refractivity contribution in [1.29, 1.82) is 0 Å². The van der Waals surface area contributed by atoms with Gasteiger partial charge in [-0.25, -0.2) is 0 Å². The van der Waals surface area contributed by atoms with Gasteiger partial charge in [-0.2, -0.15) is 0 Å². The Kier molecular flexibility index (Phi) is 3.52. The molecule has 0 spiro atoms. The molecule has 0 bridgehead atoms. The Morgan fingerprint density at radius 3 is 2.41 bits per heavy atom. The first kappa shape index (κ1) is 11.8. The molecule has 1 fully saturated rings. The highest BCUT2D eigenvalue weighted by molar-refractivity contribution is 5.95. The van der Waals surface area contributed by atoms with Crippen molar-refractivity contribution in [2.45, 2.75) is 25.7 Å². The molecule has 2 rings (SSSR count). The maximum atomic E-state index is 12.2. The molecule has 1 saturated heterocycles. The molecule has 1 aliphatic rings. The van der Waals surface area contributed by atoms with Crippen molar-refractivity contribution in [3.05, 3.63) is 23.8 Å². The van der Waals surface area contributed by atoms with E-state index in [1.807, 2.05) is 4.90 Å². The number of nitrogens with two attached hydrogens (primary N) is 1. The summed E-state index contributed by atoms with van der Waals surface area (Å²) in [5.41, 5.74) is 6.33. The Labute approximate surface area is 101 Å². The normalized spacial score (nSPS) is 16.6. The quantitative estimate of drug-likeness (QED) is 0.577. The number of nitrogen functional groups attached to an aromatic ring is 1. The fourth-order valence-corrected chi connectivity index (χ4v) is 2.13. The molecule has 0 radical (unpaired) electrons. The number of carbonyl (C=O) groups excluding carboxylic acids is 1. The van der Waals surface area contributed by atoms with E-state index < -0.39 is 0 Å². The summed E-state index contributed by atoms with van der Waals surface area (Å²) in [5.74, 6) is -0.0344. The Bertz CT molecular complexity index is 410. The van der Waals surface area contributed by atoms with Crippen molar-refractivity contribution in [3.63, 3.8) is 0 Å². The number of aromatic hydroxyl groups is 1. The molecule has 1 heterocycles. The van der Waals surface area contributed by atoms with Crippen LogP contribution in [0.3, 0.4) is 0 Å². The van der Waals surface area contributed by atoms with Gasteiger partial charge in [-0.15, -0.1) is 0 Å². The zero-order chi connectivity index (χ0) is 12.3. The summed E-state index contributed by atoms with van der Waals surface area (Å²) < 4.78 is 0. The molecule has 0 atom stereocenters. The third-order valence-corrected chi connectivity index (χ3v) is 3.17. The Balaban J connectivity index is 2.14. The molecule has 4 nitrogen and oxygen atoms in total. The van der Waals surface area contributed by atoms with Crippen LogP contribution in [0.5, 0.6) is 5.75 Å². The van der Waals surface area contributed by atoms with Gasteiger partial charge in [0, 0.05) is 18.7 Å². The van der Waals surface area contributed by atoms with E-state index in [0.717, 1.165) is 25.9 Å². The van der Waals surface area contributed by atoms with Crippen molar-refractivity contribution in [3.8, 4) is 5.75 Å². The van der Waals surface area contributed by atoms with Crippen molar-refractivity contribution in [1.82, 2.24) is 4.90 Å². The van der Waals surface area contributed by atoms with Crippen molar-refractivity contribution >= 4 is 11.6 Å². The molecule has 0 unspecified atom stereocenters. The van der Waals surface area contributed by atoms with Crippen molar-refractivity contribution in [2.24, 2.45) is 0 Å². The van der Waals surface area contributed by atoms with Crippen LogP contribution in [0.4, 0.5) is 5.69 Å². The topological polar surface area (TPSA) is 66.6 Å². The van der Waals surface area contributed by atoms with Gasteiger partial charge >= 0.3 is 0 Å². The van der Waals surface area contributed by atoms with Gasteiger partial charge in [0.1, 0.15) is 5.75 Å². The molecular weight excluding hydrogens is 216 g/mol. The lowest BCUT2D eigenvalue weighted by Crippen LogP contribution is -2.31. The molecule has 1 aromatic rings. The summed E-state index contributed by atoms with van der Waals surface area (Å²) >= 11 is 0. The average molecular weight is 234 g/mol. The molecule has 3 N–H and O–H groups in total. The largest absolute Gasteiger partial charge is 0.506 e. The van der Waals surface area contributed by atoms with E-state index >= 15 is 0 Å². The fraction of sp³-hybridized carbons (Fsp3) is 0.462. The average Bonchev–Trinajstić information content (AvgIpc) is 2.60. The van der Waals surface area contributed by atoms with Gasteiger partial charge in [-0.1, -0.05) is 12.8 Å². The molecule has 1 aliphatic heterocycles. The predicted octanol–water partition coefficient (Wildman–Crippen LogP) is 1.99. The molecule has 92 valence electrons. The third kappa shape index (κ3) is 2.70. The van der Waals surface area contributed by atoms with E-state index in [2.05, 4.69) is 0 Å². The fourth-order valence-electron chi connectivity index (χ4n) is 2.13. The molecule has 17 heavy (non-hydrogen) atoms. The number of phenols is 1. The van der Waals surface area contributed by atoms with Gasteiger partial charge in [-0.3, -0.25) is 4.79 Å². The standard InChI is InChI=1S/C13H18N2O2/c14-11-6-5-10(9-12(11)16)13(17)15-7-3-1-2-4-8-15/h5-6,9,16H,1-4,7-8,14H2. The molecular formula is C13H18N2O2. The monoisotopic (exact) mass is 234 g/mol. The summed E-state index contributed by atoms with van der Waals surface area (Å²) in [6.45, 7) is 1.62. The molecule has 1 aromatic carbocycles. The lowest BCUT2D eigenvalue weighted by molar-refractivity contribution is 0.0761. The van der Waals surface area contributed by atoms with Gasteiger partial charge < -0.3 is 15.7 Å². The number of benzene rings is 1. The number of likely N-dealkylation sites (tertiary alicyclic amines) is 1. The van der Waals surface area contributed by atoms with Crippen LogP contribution in [0.15, 0.2) is 18.2 Å². The molecule has 0 aliphatic carbocycles. The van der Waals surface area contributed by atoms with Gasteiger partial charge in [0.2, 0.25) is 0 Å². The van der Waals surface area contributed by atoms with Gasteiger partial charge in [0.05, 0.1) is 5.69 Å². The molecule has 0 saturated carbocycles. The summed E-state index contributed by atoms with van der Waals surface area (Å²) in [6.07, 6.45) is 4.51. The van der Waals surface area contributed by atoms with Gasteiger partial charge in [0.25, 0.3) is 5.91 Å². The van der Waals surface area contributed by atoms with E-state index in [0.29, 0.717) is 11.3 Å². The van der Waals surface area contributed by atoms with Crippen molar-refractivity contribution in [2.75, 3.05) is 18.8 Å². The smallest absolute Gasteiger partial charge is 0.253 e. The van der Waals surface area contributed by atoms with E-state index in [1.54, 1.807) is 12.1 Å². The highest BCUT2D eigenvalue weighted by Crippen LogP contribution is 2.22. The van der Waals surface area contributed by atoms with Crippen molar-refractivity contribution < 1.29 is 9.90 Å². The minimum atomic E-state index is -0.0225. The van der Waals surface area contributed by atoms with Crippen LogP contribution in [0.25, 0.3) is 0 Å². The summed E-state index contributed by atoms with van der Waals surface area (Å²) in [6, 6.07) is 4.69. The number of nitrogens with zero attached hydrogens (tertiary/aromatic N) is 1. The van der Waals surface area contributed by atoms with Crippen LogP contribution >= 0.6 is 0 Å². The second-order valence-corrected chi connectivity index (χ2v) is 4.48. The number of rotatable bonds is 1. The maximum Gasteiger partial charge on any atom is 0.253 e. The zero-order valence-corrected chi connectivity index (χ0v) is 9.85. The molecule has 1 amide bonds. The number of hydrogen-bond donors (Lipinski definition) is 2. The molecule has 0 aromatic heterocycles. The lowest BCUT2D eigenvalue weighted by Gasteiger charge is -2.20. The van der Waals surface area contributed by atoms with Crippen LogP contribution in [-0.2, 0) is 0 Å². The lowest BCUT2D eigenvalue weighted by atomic mass is 10.1. The summed E-state index contributed by atoms with van der Waals surface area (Å²) in [7, 11) is 0. The second kappa shape index (κ2) is 5.08. The van der Waals surface area contributed by atoms with Crippen LogP contribution in [-0.4, -0.2) is 29.0 Å². The van der Waals surface area contributed by atoms with E-state index in [4.69, 9.17) is 5.73 Å². The van der Waals surface area contributed by atoms with E-state index in [1.165, 1.54) is 18.9 Å². The highest BCUT2D eigenvalue weighted by atomic mass is 16.3. The second-order valence-electron chi connectivity index (χ2n) is 4.48. The zero-order valence-electron chi connectivity index (χ0n) is 9.85. The minimum absolute atomic E-state index is 0.0119. The minimum Gasteiger partial charge on any atom is -0.506 e.